The van der Waals surface area contributed by atoms with Crippen molar-refractivity contribution >= 4 is 21.6 Å². The first-order chi connectivity index (χ1) is 6.30. The Kier molecular flexibility index (Phi) is 1.30. The largest absolute Gasteiger partial charge is 0.320 e. The number of nitrogens with two attached hydrogens (primary N) is 1. The van der Waals surface area contributed by atoms with Crippen molar-refractivity contribution in [1.82, 2.24) is 9.36 Å². The molecule has 4 heteroatoms. The van der Waals surface area contributed by atoms with E-state index in [1.54, 1.807) is 6.20 Å². The fourth-order valence-corrected chi connectivity index (χ4v) is 2.36. The molecule has 0 amide bonds. The highest BCUT2D eigenvalue weighted by atomic mass is 32.1. The van der Waals surface area contributed by atoms with E-state index in [0.29, 0.717) is 0 Å². The van der Waals surface area contributed by atoms with Crippen LogP contribution in [-0.2, 0) is 5.54 Å². The van der Waals surface area contributed by atoms with Gasteiger partial charge in [0.25, 0.3) is 0 Å². The van der Waals surface area contributed by atoms with Crippen LogP contribution in [0.15, 0.2) is 18.5 Å². The van der Waals surface area contributed by atoms with Gasteiger partial charge in [0, 0.05) is 17.8 Å². The van der Waals surface area contributed by atoms with E-state index in [0.717, 1.165) is 23.2 Å². The van der Waals surface area contributed by atoms with Gasteiger partial charge >= 0.3 is 0 Å². The van der Waals surface area contributed by atoms with E-state index in [1.165, 1.54) is 16.9 Å². The quantitative estimate of drug-likeness (QED) is 0.745. The lowest BCUT2D eigenvalue weighted by atomic mass is 10.1. The molecule has 0 atom stereocenters. The number of rotatable bonds is 1. The van der Waals surface area contributed by atoms with E-state index in [-0.39, 0.29) is 5.54 Å². The van der Waals surface area contributed by atoms with Crippen LogP contribution >= 0.6 is 11.5 Å². The second kappa shape index (κ2) is 2.27. The maximum Gasteiger partial charge on any atom is 0.0820 e. The van der Waals surface area contributed by atoms with Crippen LogP contribution in [-0.4, -0.2) is 9.36 Å². The predicted molar refractivity (Wildman–Crippen MR) is 52.5 cm³/mol. The smallest absolute Gasteiger partial charge is 0.0820 e. The Morgan fingerprint density at radius 2 is 2.31 bits per heavy atom. The van der Waals surface area contributed by atoms with Gasteiger partial charge in [-0.2, -0.15) is 4.37 Å². The summed E-state index contributed by atoms with van der Waals surface area (Å²) in [5, 5.41) is 1.18. The number of aromatic nitrogens is 2. The van der Waals surface area contributed by atoms with Crippen LogP contribution in [0, 0.1) is 0 Å². The van der Waals surface area contributed by atoms with Crippen LogP contribution in [0.4, 0.5) is 0 Å². The molecule has 66 valence electrons. The van der Waals surface area contributed by atoms with Crippen molar-refractivity contribution in [1.29, 1.82) is 0 Å². The highest BCUT2D eigenvalue weighted by molar-refractivity contribution is 7.13. The second-order valence-corrected chi connectivity index (χ2v) is 4.36. The molecule has 2 aromatic rings. The van der Waals surface area contributed by atoms with E-state index in [1.807, 2.05) is 12.3 Å². The summed E-state index contributed by atoms with van der Waals surface area (Å²) in [5.74, 6) is 0. The zero-order valence-corrected chi connectivity index (χ0v) is 7.84. The Morgan fingerprint density at radius 1 is 1.46 bits per heavy atom. The molecule has 0 unspecified atom stereocenters. The normalized spacial score (nSPS) is 19.2. The Morgan fingerprint density at radius 3 is 3.08 bits per heavy atom. The van der Waals surface area contributed by atoms with Gasteiger partial charge in [0.05, 0.1) is 15.9 Å². The van der Waals surface area contributed by atoms with Crippen LogP contribution in [0.5, 0.6) is 0 Å². The third kappa shape index (κ3) is 0.990. The fourth-order valence-electron chi connectivity index (χ4n) is 1.52. The lowest BCUT2D eigenvalue weighted by Gasteiger charge is -2.03. The Hall–Kier alpha value is -1.00. The maximum absolute atomic E-state index is 6.10. The van der Waals surface area contributed by atoms with Gasteiger partial charge in [-0.05, 0) is 30.4 Å². The Bertz CT molecular complexity index is 459. The summed E-state index contributed by atoms with van der Waals surface area (Å²) in [5.41, 5.74) is 7.04. The van der Waals surface area contributed by atoms with Crippen LogP contribution < -0.4 is 5.73 Å². The molecule has 2 N–H and O–H groups in total. The van der Waals surface area contributed by atoms with Gasteiger partial charge in [0.15, 0.2) is 0 Å². The molecular formula is C9H9N3S. The Balaban J connectivity index is 2.30. The maximum atomic E-state index is 6.10. The monoisotopic (exact) mass is 191 g/mol. The molecule has 0 aliphatic heterocycles. The van der Waals surface area contributed by atoms with Crippen molar-refractivity contribution in [2.24, 2.45) is 5.73 Å². The molecule has 13 heavy (non-hydrogen) atoms. The number of fused-ring (bicyclic) bond motifs is 1. The van der Waals surface area contributed by atoms with E-state index < -0.39 is 0 Å². The van der Waals surface area contributed by atoms with E-state index >= 15 is 0 Å². The summed E-state index contributed by atoms with van der Waals surface area (Å²) in [6.45, 7) is 0. The molecule has 2 aromatic heterocycles. The Labute approximate surface area is 79.8 Å². The zero-order chi connectivity index (χ0) is 8.89. The highest BCUT2D eigenvalue weighted by Gasteiger charge is 2.43. The van der Waals surface area contributed by atoms with Gasteiger partial charge in [-0.1, -0.05) is 0 Å². The summed E-state index contributed by atoms with van der Waals surface area (Å²) >= 11 is 1.49. The van der Waals surface area contributed by atoms with Crippen LogP contribution in [0.1, 0.15) is 18.5 Å². The third-order valence-corrected chi connectivity index (χ3v) is 3.33. The lowest BCUT2D eigenvalue weighted by molar-refractivity contribution is 0.727. The van der Waals surface area contributed by atoms with Gasteiger partial charge in [0.2, 0.25) is 0 Å². The number of hydrogen-bond acceptors (Lipinski definition) is 4. The van der Waals surface area contributed by atoms with Gasteiger partial charge in [0.1, 0.15) is 0 Å². The van der Waals surface area contributed by atoms with Gasteiger partial charge < -0.3 is 5.73 Å². The first kappa shape index (κ1) is 7.41. The minimum atomic E-state index is -0.125. The summed E-state index contributed by atoms with van der Waals surface area (Å²) < 4.78 is 5.54. The number of pyridine rings is 1. The minimum Gasteiger partial charge on any atom is -0.320 e. The molecule has 0 saturated heterocycles. The molecule has 1 aliphatic carbocycles. The second-order valence-electron chi connectivity index (χ2n) is 3.56. The van der Waals surface area contributed by atoms with Gasteiger partial charge in [-0.15, -0.1) is 0 Å². The van der Waals surface area contributed by atoms with E-state index in [2.05, 4.69) is 9.36 Å². The fraction of sp³-hybridized carbons (Fsp3) is 0.333. The first-order valence-corrected chi connectivity index (χ1v) is 5.06. The third-order valence-electron chi connectivity index (χ3n) is 2.54. The molecule has 1 aliphatic rings. The molecule has 1 fully saturated rings. The number of nitrogens with zero attached hydrogens (tertiary/aromatic N) is 2. The van der Waals surface area contributed by atoms with Crippen molar-refractivity contribution in [3.63, 3.8) is 0 Å². The molecule has 0 bridgehead atoms. The van der Waals surface area contributed by atoms with Crippen LogP contribution in [0.25, 0.3) is 10.1 Å². The topological polar surface area (TPSA) is 51.8 Å². The SMILES string of the molecule is NC1(c2nsc3cnccc23)CC1. The van der Waals surface area contributed by atoms with Crippen molar-refractivity contribution in [2.45, 2.75) is 18.4 Å². The number of hydrogen-bond donors (Lipinski definition) is 1. The van der Waals surface area contributed by atoms with Crippen LogP contribution in [0.2, 0.25) is 0 Å². The lowest BCUT2D eigenvalue weighted by Crippen LogP contribution is -2.19. The van der Waals surface area contributed by atoms with Crippen molar-refractivity contribution < 1.29 is 0 Å². The molecule has 0 spiro atoms. The van der Waals surface area contributed by atoms with Gasteiger partial charge in [-0.25, -0.2) is 0 Å². The van der Waals surface area contributed by atoms with Crippen molar-refractivity contribution in [3.05, 3.63) is 24.2 Å². The molecule has 1 saturated carbocycles. The molecule has 3 rings (SSSR count). The van der Waals surface area contributed by atoms with Crippen LogP contribution in [0.3, 0.4) is 0 Å². The van der Waals surface area contributed by atoms with E-state index in [4.69, 9.17) is 5.73 Å². The molecule has 2 heterocycles. The molecular weight excluding hydrogens is 182 g/mol. The molecule has 0 aromatic carbocycles. The average Bonchev–Trinajstić information content (AvgIpc) is 2.76. The summed E-state index contributed by atoms with van der Waals surface area (Å²) in [7, 11) is 0. The molecule has 3 nitrogen and oxygen atoms in total. The summed E-state index contributed by atoms with van der Waals surface area (Å²) in [4.78, 5) is 4.06. The summed E-state index contributed by atoms with van der Waals surface area (Å²) in [6.07, 6.45) is 5.77. The van der Waals surface area contributed by atoms with Crippen molar-refractivity contribution in [2.75, 3.05) is 0 Å². The van der Waals surface area contributed by atoms with E-state index in [9.17, 15) is 0 Å². The molecule has 0 radical (unpaired) electrons. The average molecular weight is 191 g/mol. The summed E-state index contributed by atoms with van der Waals surface area (Å²) in [6, 6.07) is 2.00. The zero-order valence-electron chi connectivity index (χ0n) is 7.03. The van der Waals surface area contributed by atoms with Gasteiger partial charge in [-0.3, -0.25) is 4.98 Å². The first-order valence-electron chi connectivity index (χ1n) is 4.28. The highest BCUT2D eigenvalue weighted by Crippen LogP contribution is 2.45. The van der Waals surface area contributed by atoms with Crippen molar-refractivity contribution in [3.8, 4) is 0 Å². The minimum absolute atomic E-state index is 0.125. The standard InChI is InChI=1S/C9H9N3S/c10-9(2-3-9)8-6-1-4-11-5-7(6)13-12-8/h1,4-5H,2-3,10H2. The predicted octanol–water partition coefficient (Wildman–Crippen LogP) is 1.64.